The number of carbonyl (C=O) groups excluding carboxylic acids is 1. The highest BCUT2D eigenvalue weighted by molar-refractivity contribution is 7.91. The van der Waals surface area contributed by atoms with Gasteiger partial charge in [0.2, 0.25) is 0 Å². The van der Waals surface area contributed by atoms with Gasteiger partial charge in [-0.15, -0.1) is 36.2 Å². The summed E-state index contributed by atoms with van der Waals surface area (Å²) in [7, 11) is -3.17. The Bertz CT molecular complexity index is 896. The lowest BCUT2D eigenvalue weighted by molar-refractivity contribution is 0.0926. The fourth-order valence-corrected chi connectivity index (χ4v) is 4.62. The smallest absolute Gasteiger partial charge is 0.270 e. The lowest BCUT2D eigenvalue weighted by atomic mass is 10.0. The lowest BCUT2D eigenvalue weighted by Gasteiger charge is -2.34. The molecule has 1 aliphatic rings. The maximum absolute atomic E-state index is 12.3. The average molecular weight is 481 g/mol. The Balaban J connectivity index is 0.00000210. The first kappa shape index (κ1) is 25.6. The maximum Gasteiger partial charge on any atom is 0.270 e. The van der Waals surface area contributed by atoms with Gasteiger partial charge in [-0.3, -0.25) is 4.79 Å². The van der Waals surface area contributed by atoms with Crippen LogP contribution in [0.3, 0.4) is 0 Å². The molecule has 3 N–H and O–H groups in total. The fraction of sp³-hybridized carbons (Fsp3) is 0.444. The summed E-state index contributed by atoms with van der Waals surface area (Å²) in [5.41, 5.74) is 6.96. The fourth-order valence-electron chi connectivity index (χ4n) is 3.08. The predicted molar refractivity (Wildman–Crippen MR) is 121 cm³/mol. The van der Waals surface area contributed by atoms with Gasteiger partial charge in [0.1, 0.15) is 10.7 Å². The van der Waals surface area contributed by atoms with Gasteiger partial charge < -0.3 is 16.0 Å². The lowest BCUT2D eigenvalue weighted by Crippen LogP contribution is -2.44. The molecule has 0 unspecified atom stereocenters. The molecule has 3 rings (SSSR count). The molecule has 11 heteroatoms. The van der Waals surface area contributed by atoms with Crippen molar-refractivity contribution in [2.24, 2.45) is 5.73 Å². The number of sulfone groups is 1. The Labute approximate surface area is 187 Å². The number of anilines is 1. The normalized spacial score (nSPS) is 14.6. The summed E-state index contributed by atoms with van der Waals surface area (Å²) in [6.07, 6.45) is 1.66. The van der Waals surface area contributed by atoms with Crippen molar-refractivity contribution >= 4 is 57.6 Å². The second-order valence-electron chi connectivity index (χ2n) is 6.46. The van der Waals surface area contributed by atoms with Gasteiger partial charge in [-0.2, -0.15) is 0 Å². The minimum Gasteiger partial charge on any atom is -0.371 e. The molecule has 0 aliphatic carbocycles. The van der Waals surface area contributed by atoms with Crippen LogP contribution in [0.15, 0.2) is 34.5 Å². The number of nitrogens with one attached hydrogen (secondary N) is 1. The van der Waals surface area contributed by atoms with Crippen molar-refractivity contribution in [3.05, 3.63) is 40.3 Å². The zero-order valence-corrected chi connectivity index (χ0v) is 19.3. The number of thiazole rings is 1. The number of benzene rings is 1. The van der Waals surface area contributed by atoms with Crippen LogP contribution in [0.5, 0.6) is 0 Å². The van der Waals surface area contributed by atoms with E-state index in [0.717, 1.165) is 36.6 Å². The van der Waals surface area contributed by atoms with E-state index >= 15 is 0 Å². The monoisotopic (exact) mass is 480 g/mol. The van der Waals surface area contributed by atoms with E-state index < -0.39 is 9.84 Å². The first-order valence-electron chi connectivity index (χ1n) is 8.96. The summed E-state index contributed by atoms with van der Waals surface area (Å²) in [6, 6.07) is 7.14. The van der Waals surface area contributed by atoms with Gasteiger partial charge in [-0.1, -0.05) is 6.92 Å². The van der Waals surface area contributed by atoms with Crippen LogP contribution in [-0.4, -0.2) is 44.2 Å². The van der Waals surface area contributed by atoms with E-state index in [-0.39, 0.29) is 42.5 Å². The van der Waals surface area contributed by atoms with Crippen LogP contribution in [0.2, 0.25) is 0 Å². The van der Waals surface area contributed by atoms with E-state index in [4.69, 9.17) is 5.73 Å². The quantitative estimate of drug-likeness (QED) is 0.657. The van der Waals surface area contributed by atoms with E-state index in [2.05, 4.69) is 15.2 Å². The zero-order valence-electron chi connectivity index (χ0n) is 16.0. The predicted octanol–water partition coefficient (Wildman–Crippen LogP) is 2.64. The van der Waals surface area contributed by atoms with Crippen molar-refractivity contribution in [3.63, 3.8) is 0 Å². The third-order valence-electron chi connectivity index (χ3n) is 4.73. The van der Waals surface area contributed by atoms with Gasteiger partial charge >= 0.3 is 0 Å². The van der Waals surface area contributed by atoms with Crippen molar-refractivity contribution < 1.29 is 13.2 Å². The van der Waals surface area contributed by atoms with E-state index in [0.29, 0.717) is 17.1 Å². The van der Waals surface area contributed by atoms with Crippen LogP contribution in [0.1, 0.15) is 35.3 Å². The van der Waals surface area contributed by atoms with E-state index in [1.54, 1.807) is 24.4 Å². The number of amides is 1. The molecule has 2 heterocycles. The Kier molecular flexibility index (Phi) is 9.84. The van der Waals surface area contributed by atoms with Crippen LogP contribution in [0.4, 0.5) is 5.69 Å². The molecule has 1 amide bonds. The molecule has 1 saturated heterocycles. The third-order valence-corrected chi connectivity index (χ3v) is 7.35. The van der Waals surface area contributed by atoms with Crippen LogP contribution < -0.4 is 16.0 Å². The van der Waals surface area contributed by atoms with Crippen LogP contribution in [-0.2, 0) is 16.4 Å². The summed E-state index contributed by atoms with van der Waals surface area (Å²) in [4.78, 5) is 19.1. The SMILES string of the molecule is CCS(=O)(=O)c1ccc(N2CCC(NC(=O)c3csc(CN)n3)CC2)cc1.Cl.Cl. The summed E-state index contributed by atoms with van der Waals surface area (Å²) >= 11 is 1.39. The zero-order chi connectivity index (χ0) is 19.4. The highest BCUT2D eigenvalue weighted by atomic mass is 35.5. The van der Waals surface area contributed by atoms with E-state index in [1.165, 1.54) is 11.3 Å². The largest absolute Gasteiger partial charge is 0.371 e. The van der Waals surface area contributed by atoms with Crippen molar-refractivity contribution in [1.29, 1.82) is 0 Å². The molecule has 0 radical (unpaired) electrons. The second-order valence-corrected chi connectivity index (χ2v) is 9.68. The average Bonchev–Trinajstić information content (AvgIpc) is 3.18. The molecule has 1 aliphatic heterocycles. The first-order chi connectivity index (χ1) is 12.9. The highest BCUT2D eigenvalue weighted by Gasteiger charge is 2.22. The van der Waals surface area contributed by atoms with Crippen LogP contribution >= 0.6 is 36.2 Å². The number of hydrogen-bond acceptors (Lipinski definition) is 7. The number of nitrogens with zero attached hydrogens (tertiary/aromatic N) is 2. The molecule has 29 heavy (non-hydrogen) atoms. The molecule has 1 aromatic heterocycles. The van der Waals surface area contributed by atoms with Crippen molar-refractivity contribution in [2.75, 3.05) is 23.7 Å². The maximum atomic E-state index is 12.3. The topological polar surface area (TPSA) is 105 Å². The van der Waals surface area contributed by atoms with Gasteiger partial charge in [0.15, 0.2) is 9.84 Å². The van der Waals surface area contributed by atoms with Crippen molar-refractivity contribution in [3.8, 4) is 0 Å². The Morgan fingerprint density at radius 2 is 1.86 bits per heavy atom. The van der Waals surface area contributed by atoms with Gasteiger partial charge in [0.05, 0.1) is 10.6 Å². The van der Waals surface area contributed by atoms with Crippen molar-refractivity contribution in [2.45, 2.75) is 37.2 Å². The molecule has 0 atom stereocenters. The van der Waals surface area contributed by atoms with Crippen LogP contribution in [0, 0.1) is 0 Å². The number of nitrogens with two attached hydrogens (primary N) is 1. The summed E-state index contributed by atoms with van der Waals surface area (Å²) in [5.74, 6) is -0.0537. The van der Waals surface area contributed by atoms with Crippen LogP contribution in [0.25, 0.3) is 0 Å². The summed E-state index contributed by atoms with van der Waals surface area (Å²) in [5, 5.41) is 5.53. The number of hydrogen-bond donors (Lipinski definition) is 2. The number of halogens is 2. The minimum atomic E-state index is -3.17. The van der Waals surface area contributed by atoms with Gasteiger partial charge in [-0.25, -0.2) is 13.4 Å². The second kappa shape index (κ2) is 11.1. The Hall–Kier alpha value is -1.39. The molecule has 1 aromatic carbocycles. The van der Waals surface area contributed by atoms with Crippen molar-refractivity contribution in [1.82, 2.24) is 10.3 Å². The van der Waals surface area contributed by atoms with E-state index in [1.807, 2.05) is 12.1 Å². The standard InChI is InChI=1S/C18H24N4O3S2.2ClH/c1-2-27(24,25)15-5-3-14(4-6-15)22-9-7-13(8-10-22)20-18(23)16-12-26-17(11-19)21-16;;/h3-6,12-13H,2,7-11,19H2,1H3,(H,20,23);2*1H. The number of rotatable bonds is 6. The van der Waals surface area contributed by atoms with Gasteiger partial charge in [-0.05, 0) is 37.1 Å². The molecule has 0 saturated carbocycles. The number of piperidine rings is 1. The molecule has 2 aromatic rings. The molecule has 162 valence electrons. The van der Waals surface area contributed by atoms with E-state index in [9.17, 15) is 13.2 Å². The molecular formula is C18H26Cl2N4O3S2. The Morgan fingerprint density at radius 1 is 1.24 bits per heavy atom. The third kappa shape index (κ3) is 6.29. The summed E-state index contributed by atoms with van der Waals surface area (Å²) < 4.78 is 23.8. The molecule has 1 fully saturated rings. The highest BCUT2D eigenvalue weighted by Crippen LogP contribution is 2.23. The molecular weight excluding hydrogens is 455 g/mol. The molecule has 7 nitrogen and oxygen atoms in total. The minimum absolute atomic E-state index is 0. The van der Waals surface area contributed by atoms with Gasteiger partial charge in [0, 0.05) is 36.7 Å². The number of carbonyl (C=O) groups is 1. The first-order valence-corrected chi connectivity index (χ1v) is 11.5. The molecule has 0 spiro atoms. The Morgan fingerprint density at radius 3 is 2.38 bits per heavy atom. The van der Waals surface area contributed by atoms with Gasteiger partial charge in [0.25, 0.3) is 5.91 Å². The summed E-state index contributed by atoms with van der Waals surface area (Å²) in [6.45, 7) is 3.59. The number of aromatic nitrogens is 1. The molecule has 0 bridgehead atoms.